The van der Waals surface area contributed by atoms with Crippen molar-refractivity contribution in [3.8, 4) is 0 Å². The predicted molar refractivity (Wildman–Crippen MR) is 108 cm³/mol. The van der Waals surface area contributed by atoms with E-state index in [-0.39, 0.29) is 5.95 Å². The molecule has 0 aliphatic carbocycles. The molecule has 0 radical (unpaired) electrons. The fourth-order valence-electron chi connectivity index (χ4n) is 1.99. The summed E-state index contributed by atoms with van der Waals surface area (Å²) in [5.74, 6) is 1.44. The van der Waals surface area contributed by atoms with Crippen LogP contribution < -0.4 is 11.1 Å². The van der Waals surface area contributed by atoms with Crippen LogP contribution in [0.2, 0.25) is 0 Å². The smallest absolute Gasteiger partial charge is 0.227 e. The highest BCUT2D eigenvalue weighted by Crippen LogP contribution is 2.05. The molecule has 6 heteroatoms. The van der Waals surface area contributed by atoms with E-state index in [1.807, 2.05) is 41.5 Å². The Kier molecular flexibility index (Phi) is 20.5. The average Bonchev–Trinajstić information content (AvgIpc) is 2.55. The second kappa shape index (κ2) is 17.9. The summed E-state index contributed by atoms with van der Waals surface area (Å²) >= 11 is 0. The van der Waals surface area contributed by atoms with Crippen LogP contribution in [-0.2, 0) is 0 Å². The summed E-state index contributed by atoms with van der Waals surface area (Å²) in [5, 5.41) is 3.18. The van der Waals surface area contributed by atoms with Crippen molar-refractivity contribution in [1.82, 2.24) is 19.9 Å². The molecule has 0 aliphatic rings. The van der Waals surface area contributed by atoms with Crippen molar-refractivity contribution in [3.05, 3.63) is 5.82 Å². The molecule has 0 bridgehead atoms. The van der Waals surface area contributed by atoms with Gasteiger partial charge in [-0.25, -0.2) is 0 Å². The van der Waals surface area contributed by atoms with Crippen LogP contribution in [0.15, 0.2) is 0 Å². The first-order valence-corrected chi connectivity index (χ1v) is 9.38. The number of nitrogens with one attached hydrogen (secondary N) is 1. The maximum absolute atomic E-state index is 5.57. The van der Waals surface area contributed by atoms with Crippen molar-refractivity contribution in [2.75, 3.05) is 24.1 Å². The molecule has 24 heavy (non-hydrogen) atoms. The Morgan fingerprint density at radius 2 is 1.33 bits per heavy atom. The molecule has 144 valence electrons. The first kappa shape index (κ1) is 27.4. The van der Waals surface area contributed by atoms with Crippen LogP contribution in [0.3, 0.4) is 0 Å². The van der Waals surface area contributed by atoms with Gasteiger partial charge in [-0.3, -0.25) is 4.90 Å². The molecule has 0 spiro atoms. The van der Waals surface area contributed by atoms with Crippen LogP contribution in [0, 0.1) is 6.92 Å². The lowest BCUT2D eigenvalue weighted by Gasteiger charge is -2.30. The highest BCUT2D eigenvalue weighted by atomic mass is 15.2. The second-order valence-electron chi connectivity index (χ2n) is 4.92. The molecule has 1 heterocycles. The molecular formula is C18H42N6. The minimum atomic E-state index is 0.259. The maximum atomic E-state index is 5.57. The molecule has 0 amide bonds. The molecule has 0 unspecified atom stereocenters. The van der Waals surface area contributed by atoms with Gasteiger partial charge in [0.1, 0.15) is 5.82 Å². The maximum Gasteiger partial charge on any atom is 0.227 e. The normalized spacial score (nSPS) is 9.42. The number of hydrogen-bond acceptors (Lipinski definition) is 6. The molecule has 0 aliphatic heterocycles. The summed E-state index contributed by atoms with van der Waals surface area (Å²) in [5.41, 5.74) is 5.57. The zero-order valence-corrected chi connectivity index (χ0v) is 17.9. The molecule has 0 saturated heterocycles. The molecule has 3 N–H and O–H groups in total. The van der Waals surface area contributed by atoms with Gasteiger partial charge < -0.3 is 11.1 Å². The summed E-state index contributed by atoms with van der Waals surface area (Å²) in [4.78, 5) is 14.6. The summed E-state index contributed by atoms with van der Waals surface area (Å²) in [6.07, 6.45) is 0. The van der Waals surface area contributed by atoms with Crippen molar-refractivity contribution in [1.29, 1.82) is 0 Å². The van der Waals surface area contributed by atoms with E-state index in [1.54, 1.807) is 6.92 Å². The van der Waals surface area contributed by atoms with Crippen molar-refractivity contribution < 1.29 is 0 Å². The van der Waals surface area contributed by atoms with Gasteiger partial charge >= 0.3 is 0 Å². The van der Waals surface area contributed by atoms with Crippen LogP contribution >= 0.6 is 0 Å². The van der Waals surface area contributed by atoms with Gasteiger partial charge in [-0.1, -0.05) is 41.5 Å². The largest absolute Gasteiger partial charge is 0.368 e. The first-order chi connectivity index (χ1) is 11.4. The molecule has 1 rings (SSSR count). The zero-order chi connectivity index (χ0) is 19.7. The van der Waals surface area contributed by atoms with Crippen molar-refractivity contribution in [3.63, 3.8) is 0 Å². The number of hydrogen-bond donors (Lipinski definition) is 2. The molecule has 1 aromatic rings. The Morgan fingerprint density at radius 1 is 0.875 bits per heavy atom. The lowest BCUT2D eigenvalue weighted by Crippen LogP contribution is -2.40. The highest BCUT2D eigenvalue weighted by Gasteiger charge is 2.12. The van der Waals surface area contributed by atoms with E-state index in [0.717, 1.165) is 13.1 Å². The van der Waals surface area contributed by atoms with E-state index in [4.69, 9.17) is 5.73 Å². The van der Waals surface area contributed by atoms with Crippen molar-refractivity contribution >= 4 is 11.9 Å². The van der Waals surface area contributed by atoms with Crippen LogP contribution in [0.1, 0.15) is 75.1 Å². The van der Waals surface area contributed by atoms with E-state index in [0.29, 0.717) is 23.9 Å². The van der Waals surface area contributed by atoms with E-state index in [2.05, 4.69) is 52.9 Å². The standard InChI is InChI=1S/C12H24N6.3C2H6/c1-8(2)18(9(3)4)7-6-14-12-16-10(5)15-11(13)17-12;3*1-2/h8-9H,6-7H2,1-5H3,(H3,13,14,15,16,17);3*1-2H3. The summed E-state index contributed by atoms with van der Waals surface area (Å²) in [6.45, 7) is 24.3. The summed E-state index contributed by atoms with van der Waals surface area (Å²) in [7, 11) is 0. The molecule has 1 aromatic heterocycles. The molecule has 6 nitrogen and oxygen atoms in total. The second-order valence-corrected chi connectivity index (χ2v) is 4.92. The lowest BCUT2D eigenvalue weighted by atomic mass is 10.2. The molecule has 0 atom stereocenters. The average molecular weight is 343 g/mol. The van der Waals surface area contributed by atoms with Gasteiger partial charge in [0.05, 0.1) is 0 Å². The molecule has 0 aromatic carbocycles. The molecule has 0 fully saturated rings. The number of nitrogens with zero attached hydrogens (tertiary/aromatic N) is 4. The number of anilines is 2. The zero-order valence-electron chi connectivity index (χ0n) is 17.9. The van der Waals surface area contributed by atoms with Gasteiger partial charge in [-0.15, -0.1) is 0 Å². The van der Waals surface area contributed by atoms with Crippen LogP contribution in [0.5, 0.6) is 0 Å². The summed E-state index contributed by atoms with van der Waals surface area (Å²) < 4.78 is 0. The van der Waals surface area contributed by atoms with Crippen LogP contribution in [0.25, 0.3) is 0 Å². The van der Waals surface area contributed by atoms with Gasteiger partial charge in [-0.05, 0) is 34.6 Å². The van der Waals surface area contributed by atoms with E-state index in [9.17, 15) is 0 Å². The Bertz CT molecular complexity index is 352. The molecular weight excluding hydrogens is 300 g/mol. The summed E-state index contributed by atoms with van der Waals surface area (Å²) in [6, 6.07) is 1.05. The van der Waals surface area contributed by atoms with Gasteiger partial charge in [-0.2, -0.15) is 15.0 Å². The quantitative estimate of drug-likeness (QED) is 0.799. The van der Waals surface area contributed by atoms with Crippen LogP contribution in [0.4, 0.5) is 11.9 Å². The fourth-order valence-corrected chi connectivity index (χ4v) is 1.99. The molecule has 0 saturated carbocycles. The lowest BCUT2D eigenvalue weighted by molar-refractivity contribution is 0.182. The van der Waals surface area contributed by atoms with Crippen LogP contribution in [-0.4, -0.2) is 45.0 Å². The Labute approximate surface area is 150 Å². The van der Waals surface area contributed by atoms with Gasteiger partial charge in [0.25, 0.3) is 0 Å². The monoisotopic (exact) mass is 342 g/mol. The number of rotatable bonds is 6. The Morgan fingerprint density at radius 3 is 1.71 bits per heavy atom. The van der Waals surface area contributed by atoms with E-state index >= 15 is 0 Å². The van der Waals surface area contributed by atoms with Gasteiger partial charge in [0.15, 0.2) is 0 Å². The highest BCUT2D eigenvalue weighted by molar-refractivity contribution is 5.30. The van der Waals surface area contributed by atoms with Crippen molar-refractivity contribution in [2.45, 2.75) is 88.2 Å². The number of aromatic nitrogens is 3. The van der Waals surface area contributed by atoms with E-state index < -0.39 is 0 Å². The van der Waals surface area contributed by atoms with Crippen molar-refractivity contribution in [2.24, 2.45) is 0 Å². The first-order valence-electron chi connectivity index (χ1n) is 9.38. The van der Waals surface area contributed by atoms with Gasteiger partial charge in [0.2, 0.25) is 11.9 Å². The number of nitrogen functional groups attached to an aromatic ring is 1. The third kappa shape index (κ3) is 13.0. The minimum Gasteiger partial charge on any atom is -0.368 e. The predicted octanol–water partition coefficient (Wildman–Crippen LogP) is 4.37. The fraction of sp³-hybridized carbons (Fsp3) is 0.833. The minimum absolute atomic E-state index is 0.259. The van der Waals surface area contributed by atoms with E-state index in [1.165, 1.54) is 0 Å². The Hall–Kier alpha value is -1.43. The third-order valence-electron chi connectivity index (χ3n) is 2.74. The van der Waals surface area contributed by atoms with Gasteiger partial charge in [0, 0.05) is 25.2 Å². The topological polar surface area (TPSA) is 80.0 Å². The Balaban J connectivity index is -0.000000659. The third-order valence-corrected chi connectivity index (χ3v) is 2.74. The SMILES string of the molecule is CC.CC.CC.Cc1nc(N)nc(NCCN(C(C)C)C(C)C)n1. The number of nitrogens with two attached hydrogens (primary N) is 1. The number of aryl methyl sites for hydroxylation is 1.